The van der Waals surface area contributed by atoms with E-state index in [-0.39, 0.29) is 5.56 Å². The molecule has 1 aromatic carbocycles. The van der Waals surface area contributed by atoms with Gasteiger partial charge in [-0.15, -0.1) is 5.10 Å². The highest BCUT2D eigenvalue weighted by Gasteiger charge is 2.11. The zero-order valence-corrected chi connectivity index (χ0v) is 14.6. The van der Waals surface area contributed by atoms with E-state index >= 15 is 0 Å². The zero-order chi connectivity index (χ0) is 18.8. The van der Waals surface area contributed by atoms with Crippen LogP contribution in [0.1, 0.15) is 11.3 Å². The van der Waals surface area contributed by atoms with E-state index in [2.05, 4.69) is 36.9 Å². The fraction of sp³-hybridized carbons (Fsp3) is 0.100. The van der Waals surface area contributed by atoms with Crippen LogP contribution in [0.15, 0.2) is 70.6 Å². The minimum absolute atomic E-state index is 0.270. The first-order valence-corrected chi connectivity index (χ1v) is 8.47. The Morgan fingerprint density at radius 2 is 1.81 bits per heavy atom. The molecule has 0 bridgehead atoms. The van der Waals surface area contributed by atoms with Crippen molar-refractivity contribution in [1.82, 2.24) is 24.7 Å². The first-order valence-electron chi connectivity index (χ1n) is 8.47. The molecule has 0 radical (unpaired) electrons. The molecule has 7 heteroatoms. The van der Waals surface area contributed by atoms with Gasteiger partial charge in [0, 0.05) is 30.7 Å². The van der Waals surface area contributed by atoms with E-state index in [4.69, 9.17) is 0 Å². The van der Waals surface area contributed by atoms with E-state index in [0.717, 1.165) is 28.9 Å². The van der Waals surface area contributed by atoms with Gasteiger partial charge in [0.15, 0.2) is 0 Å². The van der Waals surface area contributed by atoms with Gasteiger partial charge in [0.25, 0.3) is 5.56 Å². The lowest BCUT2D eigenvalue weighted by Gasteiger charge is -2.10. The molecule has 0 saturated heterocycles. The monoisotopic (exact) mass is 359 g/mol. The maximum absolute atomic E-state index is 12.1. The number of aromatic nitrogens is 5. The average molecular weight is 359 g/mol. The van der Waals surface area contributed by atoms with Crippen LogP contribution in [0.4, 0.5) is 0 Å². The molecule has 2 N–H and O–H groups in total. The molecule has 0 aliphatic heterocycles. The van der Waals surface area contributed by atoms with E-state index in [1.807, 2.05) is 49.6 Å². The van der Waals surface area contributed by atoms with Crippen LogP contribution in [-0.4, -0.2) is 24.7 Å². The SMILES string of the molecule is Cc1nnc(-c2c[nH]c(=O)[nH]c2=O)cc1-c1cccc(Cn2cccc2)c1. The van der Waals surface area contributed by atoms with Crippen LogP contribution in [0.3, 0.4) is 0 Å². The standard InChI is InChI=1S/C20H17N5O2/c1-13-16(10-18(24-23-13)17-11-21-20(27)22-19(17)26)15-6-4-5-14(9-15)12-25-7-2-3-8-25/h2-11H,12H2,1H3,(H2,21,22,26,27). The number of benzene rings is 1. The summed E-state index contributed by atoms with van der Waals surface area (Å²) in [4.78, 5) is 28.0. The van der Waals surface area contributed by atoms with Gasteiger partial charge in [-0.3, -0.25) is 9.78 Å². The second-order valence-electron chi connectivity index (χ2n) is 6.27. The number of aromatic amines is 2. The van der Waals surface area contributed by atoms with Crippen LogP contribution in [0.5, 0.6) is 0 Å². The molecule has 27 heavy (non-hydrogen) atoms. The van der Waals surface area contributed by atoms with Gasteiger partial charge in [0.05, 0.1) is 11.3 Å². The Bertz CT molecular complexity index is 1210. The summed E-state index contributed by atoms with van der Waals surface area (Å²) in [6.07, 6.45) is 5.39. The van der Waals surface area contributed by atoms with Gasteiger partial charge in [-0.2, -0.15) is 5.10 Å². The van der Waals surface area contributed by atoms with Crippen molar-refractivity contribution in [1.29, 1.82) is 0 Å². The summed E-state index contributed by atoms with van der Waals surface area (Å²) >= 11 is 0. The van der Waals surface area contributed by atoms with Gasteiger partial charge in [-0.05, 0) is 42.3 Å². The van der Waals surface area contributed by atoms with Crippen LogP contribution in [0.25, 0.3) is 22.4 Å². The third kappa shape index (κ3) is 3.48. The number of aryl methyl sites for hydroxylation is 1. The number of hydrogen-bond acceptors (Lipinski definition) is 4. The number of H-pyrrole nitrogens is 2. The van der Waals surface area contributed by atoms with Crippen molar-refractivity contribution in [2.75, 3.05) is 0 Å². The summed E-state index contributed by atoms with van der Waals surface area (Å²) in [6.45, 7) is 2.65. The van der Waals surface area contributed by atoms with Crippen molar-refractivity contribution < 1.29 is 0 Å². The number of rotatable bonds is 4. The maximum Gasteiger partial charge on any atom is 0.325 e. The van der Waals surface area contributed by atoms with Gasteiger partial charge in [-0.25, -0.2) is 4.79 Å². The topological polar surface area (TPSA) is 96.4 Å². The van der Waals surface area contributed by atoms with Crippen LogP contribution in [-0.2, 0) is 6.54 Å². The van der Waals surface area contributed by atoms with Crippen molar-refractivity contribution in [3.05, 3.63) is 93.2 Å². The fourth-order valence-electron chi connectivity index (χ4n) is 3.00. The molecule has 0 aliphatic carbocycles. The molecule has 0 atom stereocenters. The fourth-order valence-corrected chi connectivity index (χ4v) is 3.00. The predicted octanol–water partition coefficient (Wildman–Crippen LogP) is 2.35. The smallest absolute Gasteiger partial charge is 0.325 e. The Balaban J connectivity index is 1.75. The number of nitrogens with zero attached hydrogens (tertiary/aromatic N) is 3. The van der Waals surface area contributed by atoms with E-state index in [9.17, 15) is 9.59 Å². The summed E-state index contributed by atoms with van der Waals surface area (Å²) in [7, 11) is 0. The second-order valence-corrected chi connectivity index (χ2v) is 6.27. The van der Waals surface area contributed by atoms with Gasteiger partial charge in [-0.1, -0.05) is 18.2 Å². The van der Waals surface area contributed by atoms with Crippen LogP contribution >= 0.6 is 0 Å². The van der Waals surface area contributed by atoms with Gasteiger partial charge >= 0.3 is 5.69 Å². The zero-order valence-electron chi connectivity index (χ0n) is 14.6. The van der Waals surface area contributed by atoms with E-state index < -0.39 is 11.2 Å². The van der Waals surface area contributed by atoms with Gasteiger partial charge in [0.1, 0.15) is 5.69 Å². The molecular formula is C20H17N5O2. The first-order chi connectivity index (χ1) is 13.1. The molecule has 3 aromatic heterocycles. The predicted molar refractivity (Wildman–Crippen MR) is 102 cm³/mol. The molecule has 7 nitrogen and oxygen atoms in total. The van der Waals surface area contributed by atoms with Crippen LogP contribution in [0, 0.1) is 6.92 Å². The second kappa shape index (κ2) is 6.87. The molecule has 134 valence electrons. The first kappa shape index (κ1) is 16.7. The Morgan fingerprint density at radius 1 is 1.00 bits per heavy atom. The summed E-state index contributed by atoms with van der Waals surface area (Å²) in [6, 6.07) is 14.0. The lowest BCUT2D eigenvalue weighted by Crippen LogP contribution is -2.22. The minimum Gasteiger partial charge on any atom is -0.350 e. The van der Waals surface area contributed by atoms with E-state index in [1.165, 1.54) is 6.20 Å². The van der Waals surface area contributed by atoms with Crippen molar-refractivity contribution in [2.45, 2.75) is 13.5 Å². The molecule has 0 spiro atoms. The Kier molecular flexibility index (Phi) is 4.25. The van der Waals surface area contributed by atoms with Crippen molar-refractivity contribution >= 4 is 0 Å². The summed E-state index contributed by atoms with van der Waals surface area (Å²) in [5.74, 6) is 0. The van der Waals surface area contributed by atoms with Crippen LogP contribution < -0.4 is 11.2 Å². The molecule has 0 unspecified atom stereocenters. The normalized spacial score (nSPS) is 10.9. The lowest BCUT2D eigenvalue weighted by atomic mass is 10.0. The highest BCUT2D eigenvalue weighted by molar-refractivity contribution is 5.71. The summed E-state index contributed by atoms with van der Waals surface area (Å²) in [5, 5.41) is 8.31. The molecule has 0 fully saturated rings. The number of hydrogen-bond donors (Lipinski definition) is 2. The third-order valence-electron chi connectivity index (χ3n) is 4.34. The maximum atomic E-state index is 12.1. The lowest BCUT2D eigenvalue weighted by molar-refractivity contribution is 0.806. The number of nitrogens with one attached hydrogen (secondary N) is 2. The van der Waals surface area contributed by atoms with Gasteiger partial charge < -0.3 is 9.55 Å². The van der Waals surface area contributed by atoms with Crippen LogP contribution in [0.2, 0.25) is 0 Å². The Hall–Kier alpha value is -3.74. The largest absolute Gasteiger partial charge is 0.350 e. The van der Waals surface area contributed by atoms with Crippen molar-refractivity contribution in [3.8, 4) is 22.4 Å². The minimum atomic E-state index is -0.554. The quantitative estimate of drug-likeness (QED) is 0.584. The molecular weight excluding hydrogens is 342 g/mol. The molecule has 3 heterocycles. The van der Waals surface area contributed by atoms with E-state index in [0.29, 0.717) is 5.69 Å². The van der Waals surface area contributed by atoms with Crippen molar-refractivity contribution in [2.24, 2.45) is 0 Å². The highest BCUT2D eigenvalue weighted by Crippen LogP contribution is 2.26. The average Bonchev–Trinajstić information content (AvgIpc) is 3.16. The highest BCUT2D eigenvalue weighted by atomic mass is 16.2. The third-order valence-corrected chi connectivity index (χ3v) is 4.34. The van der Waals surface area contributed by atoms with E-state index in [1.54, 1.807) is 0 Å². The Morgan fingerprint density at radius 3 is 2.59 bits per heavy atom. The molecule has 4 aromatic rings. The molecule has 4 rings (SSSR count). The summed E-state index contributed by atoms with van der Waals surface area (Å²) < 4.78 is 2.10. The molecule has 0 aliphatic rings. The molecule has 0 saturated carbocycles. The van der Waals surface area contributed by atoms with Crippen molar-refractivity contribution in [3.63, 3.8) is 0 Å². The summed E-state index contributed by atoms with van der Waals surface area (Å²) in [5.41, 5.74) is 3.43. The molecule has 0 amide bonds. The Labute approximate surface area is 154 Å². The van der Waals surface area contributed by atoms with Gasteiger partial charge in [0.2, 0.25) is 0 Å².